The highest BCUT2D eigenvalue weighted by Gasteiger charge is 2.29. The largest absolute Gasteiger partial charge is 0.342 e. The first-order valence-electron chi connectivity index (χ1n) is 9.65. The molecule has 1 aliphatic heterocycles. The summed E-state index contributed by atoms with van der Waals surface area (Å²) in [5, 5.41) is 3.02. The van der Waals surface area contributed by atoms with Crippen LogP contribution in [-0.4, -0.2) is 29.8 Å². The van der Waals surface area contributed by atoms with E-state index in [4.69, 9.17) is 0 Å². The number of carbonyl (C=O) groups is 2. The third kappa shape index (κ3) is 5.07. The first-order chi connectivity index (χ1) is 12.0. The second-order valence-corrected chi connectivity index (χ2v) is 7.38. The van der Waals surface area contributed by atoms with E-state index in [1.165, 1.54) is 5.56 Å². The second-order valence-electron chi connectivity index (χ2n) is 7.38. The quantitative estimate of drug-likeness (QED) is 0.830. The summed E-state index contributed by atoms with van der Waals surface area (Å²) in [7, 11) is 0. The average Bonchev–Trinajstić information content (AvgIpc) is 2.63. The molecule has 2 rings (SSSR count). The summed E-state index contributed by atoms with van der Waals surface area (Å²) in [5.74, 6) is 0.946. The Hall–Kier alpha value is -1.84. The summed E-state index contributed by atoms with van der Waals surface area (Å²) in [4.78, 5) is 26.9. The van der Waals surface area contributed by atoms with Gasteiger partial charge in [-0.05, 0) is 49.3 Å². The number of hydrogen-bond donors (Lipinski definition) is 1. The number of anilines is 1. The molecule has 0 radical (unpaired) electrons. The molecule has 1 aromatic carbocycles. The Balaban J connectivity index is 1.85. The van der Waals surface area contributed by atoms with Crippen LogP contribution in [0.4, 0.5) is 5.69 Å². The molecule has 0 unspecified atom stereocenters. The lowest BCUT2D eigenvalue weighted by Gasteiger charge is -2.33. The van der Waals surface area contributed by atoms with Gasteiger partial charge >= 0.3 is 0 Å². The van der Waals surface area contributed by atoms with Gasteiger partial charge in [-0.1, -0.05) is 39.8 Å². The van der Waals surface area contributed by atoms with Crippen LogP contribution in [0.2, 0.25) is 0 Å². The molecule has 25 heavy (non-hydrogen) atoms. The van der Waals surface area contributed by atoms with Crippen LogP contribution in [-0.2, 0) is 9.59 Å². The van der Waals surface area contributed by atoms with E-state index in [9.17, 15) is 9.59 Å². The van der Waals surface area contributed by atoms with Crippen LogP contribution >= 0.6 is 0 Å². The van der Waals surface area contributed by atoms with Crippen LogP contribution in [0.1, 0.15) is 64.9 Å². The molecule has 1 N–H and O–H groups in total. The predicted octanol–water partition coefficient (Wildman–Crippen LogP) is 4.42. The highest BCUT2D eigenvalue weighted by Crippen LogP contribution is 2.23. The van der Waals surface area contributed by atoms with Crippen LogP contribution < -0.4 is 5.32 Å². The summed E-state index contributed by atoms with van der Waals surface area (Å²) in [6.07, 6.45) is 3.29. The highest BCUT2D eigenvalue weighted by molar-refractivity contribution is 5.92. The van der Waals surface area contributed by atoms with Crippen LogP contribution in [0.3, 0.4) is 0 Å². The summed E-state index contributed by atoms with van der Waals surface area (Å²) < 4.78 is 0. The normalized spacial score (nSPS) is 15.7. The van der Waals surface area contributed by atoms with Gasteiger partial charge < -0.3 is 10.2 Å². The van der Waals surface area contributed by atoms with Crippen molar-refractivity contribution in [2.24, 2.45) is 11.8 Å². The maximum atomic E-state index is 12.5. The minimum absolute atomic E-state index is 0.00414. The van der Waals surface area contributed by atoms with Gasteiger partial charge in [-0.2, -0.15) is 0 Å². The predicted molar refractivity (Wildman–Crippen MR) is 103 cm³/mol. The lowest BCUT2D eigenvalue weighted by atomic mass is 9.93. The number of piperidine rings is 1. The molecule has 1 aliphatic rings. The molecule has 0 aromatic heterocycles. The standard InChI is InChI=1S/C21H32N2O2/c1-5-16(6-2)21(25)23-13-11-18(12-14-23)20(24)22-19-9-7-17(8-10-19)15(3)4/h7-10,15-16,18H,5-6,11-14H2,1-4H3,(H,22,24). The van der Waals surface area contributed by atoms with Crippen molar-refractivity contribution >= 4 is 17.5 Å². The van der Waals surface area contributed by atoms with Crippen LogP contribution in [0.15, 0.2) is 24.3 Å². The van der Waals surface area contributed by atoms with Crippen molar-refractivity contribution in [3.05, 3.63) is 29.8 Å². The van der Waals surface area contributed by atoms with Gasteiger partial charge in [0.15, 0.2) is 0 Å². The fourth-order valence-corrected chi connectivity index (χ4v) is 3.45. The molecule has 0 spiro atoms. The summed E-state index contributed by atoms with van der Waals surface area (Å²) >= 11 is 0. The summed E-state index contributed by atoms with van der Waals surface area (Å²) in [6.45, 7) is 9.83. The van der Waals surface area contributed by atoms with E-state index < -0.39 is 0 Å². The van der Waals surface area contributed by atoms with Gasteiger partial charge in [0, 0.05) is 30.6 Å². The van der Waals surface area contributed by atoms with Gasteiger partial charge in [0.25, 0.3) is 0 Å². The molecule has 1 aromatic rings. The zero-order chi connectivity index (χ0) is 18.4. The summed E-state index contributed by atoms with van der Waals surface area (Å²) in [6, 6.07) is 8.08. The van der Waals surface area contributed by atoms with Gasteiger partial charge in [-0.25, -0.2) is 0 Å². The van der Waals surface area contributed by atoms with E-state index in [2.05, 4.69) is 45.1 Å². The van der Waals surface area contributed by atoms with Gasteiger partial charge in [0.1, 0.15) is 0 Å². The molecule has 0 bridgehead atoms. The van der Waals surface area contributed by atoms with Gasteiger partial charge in [0.2, 0.25) is 11.8 Å². The van der Waals surface area contributed by atoms with E-state index >= 15 is 0 Å². The third-order valence-electron chi connectivity index (χ3n) is 5.36. The molecular weight excluding hydrogens is 312 g/mol. The number of likely N-dealkylation sites (tertiary alicyclic amines) is 1. The number of rotatable bonds is 6. The Bertz CT molecular complexity index is 568. The Morgan fingerprint density at radius 3 is 2.12 bits per heavy atom. The number of benzene rings is 1. The number of carbonyl (C=O) groups excluding carboxylic acids is 2. The van der Waals surface area contributed by atoms with Crippen molar-refractivity contribution in [1.29, 1.82) is 0 Å². The highest BCUT2D eigenvalue weighted by atomic mass is 16.2. The Kier molecular flexibility index (Phi) is 7.03. The molecule has 1 heterocycles. The molecule has 0 saturated carbocycles. The first-order valence-corrected chi connectivity index (χ1v) is 9.65. The van der Waals surface area contributed by atoms with Gasteiger partial charge in [-0.15, -0.1) is 0 Å². The Morgan fingerprint density at radius 1 is 1.08 bits per heavy atom. The molecule has 1 saturated heterocycles. The fraction of sp³-hybridized carbons (Fsp3) is 0.619. The van der Waals surface area contributed by atoms with Crippen LogP contribution in [0.5, 0.6) is 0 Å². The molecule has 2 amide bonds. The molecule has 0 atom stereocenters. The molecule has 4 heteroatoms. The number of amides is 2. The topological polar surface area (TPSA) is 49.4 Å². The van der Waals surface area contributed by atoms with Crippen LogP contribution in [0.25, 0.3) is 0 Å². The first kappa shape index (κ1) is 19.5. The van der Waals surface area contributed by atoms with Crippen molar-refractivity contribution in [3.8, 4) is 0 Å². The monoisotopic (exact) mass is 344 g/mol. The number of nitrogens with zero attached hydrogens (tertiary/aromatic N) is 1. The Morgan fingerprint density at radius 2 is 1.64 bits per heavy atom. The van der Waals surface area contributed by atoms with Crippen molar-refractivity contribution in [1.82, 2.24) is 4.90 Å². The van der Waals surface area contributed by atoms with E-state index in [1.807, 2.05) is 17.0 Å². The van der Waals surface area contributed by atoms with Crippen molar-refractivity contribution in [2.75, 3.05) is 18.4 Å². The smallest absolute Gasteiger partial charge is 0.227 e. The molecule has 4 nitrogen and oxygen atoms in total. The lowest BCUT2D eigenvalue weighted by Crippen LogP contribution is -2.43. The second kappa shape index (κ2) is 9.02. The fourth-order valence-electron chi connectivity index (χ4n) is 3.45. The van der Waals surface area contributed by atoms with Crippen molar-refractivity contribution in [3.63, 3.8) is 0 Å². The lowest BCUT2D eigenvalue weighted by molar-refractivity contribution is -0.138. The van der Waals surface area contributed by atoms with Crippen LogP contribution in [0, 0.1) is 11.8 Å². The van der Waals surface area contributed by atoms with E-state index in [0.29, 0.717) is 19.0 Å². The zero-order valence-corrected chi connectivity index (χ0v) is 16.0. The number of nitrogens with one attached hydrogen (secondary N) is 1. The summed E-state index contributed by atoms with van der Waals surface area (Å²) in [5.41, 5.74) is 2.12. The average molecular weight is 344 g/mol. The Labute approximate surface area is 152 Å². The minimum atomic E-state index is -0.00414. The van der Waals surface area contributed by atoms with Crippen molar-refractivity contribution in [2.45, 2.75) is 59.3 Å². The van der Waals surface area contributed by atoms with E-state index in [-0.39, 0.29) is 23.7 Å². The van der Waals surface area contributed by atoms with E-state index in [1.54, 1.807) is 0 Å². The molecule has 0 aliphatic carbocycles. The SMILES string of the molecule is CCC(CC)C(=O)N1CCC(C(=O)Nc2ccc(C(C)C)cc2)CC1. The van der Waals surface area contributed by atoms with Crippen molar-refractivity contribution < 1.29 is 9.59 Å². The van der Waals surface area contributed by atoms with E-state index in [0.717, 1.165) is 31.4 Å². The maximum absolute atomic E-state index is 12.5. The van der Waals surface area contributed by atoms with Gasteiger partial charge in [0.05, 0.1) is 0 Å². The van der Waals surface area contributed by atoms with Gasteiger partial charge in [-0.3, -0.25) is 9.59 Å². The number of hydrogen-bond acceptors (Lipinski definition) is 2. The maximum Gasteiger partial charge on any atom is 0.227 e. The molecule has 1 fully saturated rings. The zero-order valence-electron chi connectivity index (χ0n) is 16.0. The third-order valence-corrected chi connectivity index (χ3v) is 5.36. The molecule has 138 valence electrons. The molecular formula is C21H32N2O2. The minimum Gasteiger partial charge on any atom is -0.342 e.